The van der Waals surface area contributed by atoms with E-state index in [-0.39, 0.29) is 12.0 Å². The molecule has 0 radical (unpaired) electrons. The summed E-state index contributed by atoms with van der Waals surface area (Å²) in [6.45, 7) is 5.54. The van der Waals surface area contributed by atoms with Gasteiger partial charge in [-0.15, -0.1) is 11.3 Å². The molecule has 2 aromatic rings. The van der Waals surface area contributed by atoms with E-state index in [0.717, 1.165) is 41.0 Å². The monoisotopic (exact) mass is 358 g/mol. The number of nitrogens with two attached hydrogens (primary N) is 1. The Hall–Kier alpha value is -2.34. The normalized spacial score (nSPS) is 13.6. The molecule has 1 aliphatic carbocycles. The zero-order valence-electron chi connectivity index (χ0n) is 14.6. The van der Waals surface area contributed by atoms with Crippen LogP contribution in [0, 0.1) is 0 Å². The summed E-state index contributed by atoms with van der Waals surface area (Å²) in [5.74, 6) is 0.0925. The zero-order valence-corrected chi connectivity index (χ0v) is 15.5. The summed E-state index contributed by atoms with van der Waals surface area (Å²) in [5, 5.41) is 3.28. The van der Waals surface area contributed by atoms with Gasteiger partial charge in [-0.2, -0.15) is 0 Å². The number of hydrogen-bond acceptors (Lipinski definition) is 4. The molecule has 5 nitrogen and oxygen atoms in total. The van der Waals surface area contributed by atoms with Crippen LogP contribution in [0.3, 0.4) is 0 Å². The van der Waals surface area contributed by atoms with Crippen molar-refractivity contribution in [2.24, 2.45) is 5.73 Å². The van der Waals surface area contributed by atoms with Crippen molar-refractivity contribution < 1.29 is 14.3 Å². The quantitative estimate of drug-likeness (QED) is 0.854. The highest BCUT2D eigenvalue weighted by Gasteiger charge is 2.29. The molecule has 1 aromatic heterocycles. The zero-order chi connectivity index (χ0) is 18.1. The molecule has 6 heteroatoms. The summed E-state index contributed by atoms with van der Waals surface area (Å²) < 4.78 is 6.11. The number of anilines is 1. The van der Waals surface area contributed by atoms with Crippen molar-refractivity contribution in [1.82, 2.24) is 0 Å². The average molecular weight is 358 g/mol. The molecule has 0 saturated heterocycles. The summed E-state index contributed by atoms with van der Waals surface area (Å²) in [6, 6.07) is 6.05. The highest BCUT2D eigenvalue weighted by atomic mass is 32.1. The third kappa shape index (κ3) is 3.26. The lowest BCUT2D eigenvalue weighted by molar-refractivity contribution is -0.114. The van der Waals surface area contributed by atoms with Gasteiger partial charge in [-0.1, -0.05) is 19.1 Å². The van der Waals surface area contributed by atoms with Crippen LogP contribution in [0.4, 0.5) is 5.00 Å². The van der Waals surface area contributed by atoms with Gasteiger partial charge in [-0.25, -0.2) is 0 Å². The number of rotatable bonds is 5. The maximum Gasteiger partial charge on any atom is 0.252 e. The van der Waals surface area contributed by atoms with Crippen molar-refractivity contribution in [3.05, 3.63) is 34.9 Å². The summed E-state index contributed by atoms with van der Waals surface area (Å²) in [5.41, 5.74) is 9.16. The van der Waals surface area contributed by atoms with E-state index in [1.165, 1.54) is 23.8 Å². The fourth-order valence-corrected chi connectivity index (χ4v) is 4.50. The molecule has 132 valence electrons. The number of carbonyl (C=O) groups is 2. The Bertz CT molecular complexity index is 841. The molecule has 1 unspecified atom stereocenters. The molecule has 3 rings (SSSR count). The van der Waals surface area contributed by atoms with E-state index < -0.39 is 5.91 Å². The van der Waals surface area contributed by atoms with Crippen LogP contribution in [0.15, 0.2) is 18.2 Å². The minimum Gasteiger partial charge on any atom is -0.490 e. The average Bonchev–Trinajstić information content (AvgIpc) is 2.92. The number of hydrogen-bond donors (Lipinski definition) is 2. The van der Waals surface area contributed by atoms with E-state index in [9.17, 15) is 9.59 Å². The van der Waals surface area contributed by atoms with Crippen molar-refractivity contribution in [3.63, 3.8) is 0 Å². The molecule has 1 aromatic carbocycles. The van der Waals surface area contributed by atoms with Crippen molar-refractivity contribution >= 4 is 28.2 Å². The molecule has 0 saturated carbocycles. The molecule has 0 bridgehead atoms. The molecule has 1 atom stereocenters. The molecule has 0 fully saturated rings. The van der Waals surface area contributed by atoms with Crippen molar-refractivity contribution in [2.45, 2.75) is 46.1 Å². The van der Waals surface area contributed by atoms with Gasteiger partial charge in [0.15, 0.2) is 0 Å². The van der Waals surface area contributed by atoms with Crippen LogP contribution in [0.25, 0.3) is 10.4 Å². The Morgan fingerprint density at radius 1 is 1.36 bits per heavy atom. The van der Waals surface area contributed by atoms with Crippen LogP contribution in [-0.4, -0.2) is 17.9 Å². The van der Waals surface area contributed by atoms with Crippen molar-refractivity contribution in [1.29, 1.82) is 0 Å². The van der Waals surface area contributed by atoms with E-state index in [0.29, 0.717) is 10.6 Å². The minimum absolute atomic E-state index is 0.0993. The van der Waals surface area contributed by atoms with Gasteiger partial charge in [-0.05, 0) is 43.4 Å². The van der Waals surface area contributed by atoms with Gasteiger partial charge >= 0.3 is 0 Å². The highest BCUT2D eigenvalue weighted by molar-refractivity contribution is 7.20. The number of ether oxygens (including phenoxy) is 1. The Labute approximate surface area is 151 Å². The molecule has 1 aliphatic rings. The first-order chi connectivity index (χ1) is 11.9. The third-order valence-electron chi connectivity index (χ3n) is 4.43. The maximum atomic E-state index is 12.0. The topological polar surface area (TPSA) is 81.4 Å². The fraction of sp³-hybridized carbons (Fsp3) is 0.368. The van der Waals surface area contributed by atoms with E-state index in [1.54, 1.807) is 0 Å². The standard InChI is InChI=1S/C19H22N2O3S/c1-4-10(2)24-14-7-5-6-12-8-9-13-16(18(20)23)19(21-11(3)22)25-17(13)15(12)14/h5-7,10H,4,8-9H2,1-3H3,(H2,20,23)(H,21,22). The van der Waals surface area contributed by atoms with Crippen LogP contribution >= 0.6 is 11.3 Å². The maximum absolute atomic E-state index is 12.0. The second-order valence-electron chi connectivity index (χ2n) is 6.29. The highest BCUT2D eigenvalue weighted by Crippen LogP contribution is 2.48. The Balaban J connectivity index is 2.18. The van der Waals surface area contributed by atoms with E-state index in [2.05, 4.69) is 18.3 Å². The molecular formula is C19H22N2O3S. The molecule has 3 N–H and O–H groups in total. The van der Waals surface area contributed by atoms with Gasteiger partial charge in [0.05, 0.1) is 11.7 Å². The van der Waals surface area contributed by atoms with Crippen LogP contribution in [0.2, 0.25) is 0 Å². The van der Waals surface area contributed by atoms with Gasteiger partial charge in [0.2, 0.25) is 5.91 Å². The number of fused-ring (bicyclic) bond motifs is 3. The lowest BCUT2D eigenvalue weighted by atomic mass is 9.88. The minimum atomic E-state index is -0.509. The molecule has 2 amide bonds. The number of benzene rings is 1. The van der Waals surface area contributed by atoms with Crippen molar-refractivity contribution in [3.8, 4) is 16.2 Å². The molecule has 0 aliphatic heterocycles. The van der Waals surface area contributed by atoms with Gasteiger partial charge in [0.25, 0.3) is 5.91 Å². The van der Waals surface area contributed by atoms with Crippen LogP contribution in [0.1, 0.15) is 48.7 Å². The van der Waals surface area contributed by atoms with Crippen molar-refractivity contribution in [2.75, 3.05) is 5.32 Å². The molecular weight excluding hydrogens is 336 g/mol. The lowest BCUT2D eigenvalue weighted by Gasteiger charge is -2.22. The number of thiophene rings is 1. The Morgan fingerprint density at radius 2 is 2.12 bits per heavy atom. The number of nitrogens with one attached hydrogen (secondary N) is 1. The first-order valence-corrected chi connectivity index (χ1v) is 9.26. The molecule has 25 heavy (non-hydrogen) atoms. The summed E-state index contributed by atoms with van der Waals surface area (Å²) in [7, 11) is 0. The second-order valence-corrected chi connectivity index (χ2v) is 7.31. The van der Waals surface area contributed by atoms with Gasteiger partial charge in [-0.3, -0.25) is 9.59 Å². The smallest absolute Gasteiger partial charge is 0.252 e. The predicted octanol–water partition coefficient (Wildman–Crippen LogP) is 3.75. The van der Waals surface area contributed by atoms with Crippen LogP contribution < -0.4 is 15.8 Å². The summed E-state index contributed by atoms with van der Waals surface area (Å²) in [4.78, 5) is 24.5. The molecule has 1 heterocycles. The Kier molecular flexibility index (Phi) is 4.81. The van der Waals surface area contributed by atoms with Gasteiger partial charge in [0.1, 0.15) is 10.8 Å². The Morgan fingerprint density at radius 3 is 2.76 bits per heavy atom. The number of primary amides is 1. The van der Waals surface area contributed by atoms with E-state index in [4.69, 9.17) is 10.5 Å². The van der Waals surface area contributed by atoms with E-state index >= 15 is 0 Å². The second kappa shape index (κ2) is 6.88. The number of aryl methyl sites for hydroxylation is 1. The number of carbonyl (C=O) groups excluding carboxylic acids is 2. The lowest BCUT2D eigenvalue weighted by Crippen LogP contribution is -2.17. The molecule has 0 spiro atoms. The third-order valence-corrected chi connectivity index (χ3v) is 5.59. The van der Waals surface area contributed by atoms with Crippen LogP contribution in [0.5, 0.6) is 5.75 Å². The summed E-state index contributed by atoms with van der Waals surface area (Å²) >= 11 is 1.40. The van der Waals surface area contributed by atoms with E-state index in [1.807, 2.05) is 19.1 Å². The SMILES string of the molecule is CCC(C)Oc1cccc2c1-c1sc(NC(C)=O)c(C(N)=O)c1CC2. The van der Waals surface area contributed by atoms with Gasteiger partial charge in [0, 0.05) is 17.4 Å². The first kappa shape index (κ1) is 17.5. The summed E-state index contributed by atoms with van der Waals surface area (Å²) in [6.07, 6.45) is 2.55. The predicted molar refractivity (Wildman–Crippen MR) is 100 cm³/mol. The fourth-order valence-electron chi connectivity index (χ4n) is 3.11. The first-order valence-electron chi connectivity index (χ1n) is 8.44. The van der Waals surface area contributed by atoms with Crippen LogP contribution in [-0.2, 0) is 17.6 Å². The van der Waals surface area contributed by atoms with Gasteiger partial charge < -0.3 is 15.8 Å². The number of amides is 2. The largest absolute Gasteiger partial charge is 0.490 e.